The first kappa shape index (κ1) is 10.6. The molecule has 3 heteroatoms. The van der Waals surface area contributed by atoms with E-state index in [0.29, 0.717) is 6.61 Å². The summed E-state index contributed by atoms with van der Waals surface area (Å²) >= 11 is 0. The lowest BCUT2D eigenvalue weighted by molar-refractivity contribution is -0.248. The molecule has 0 aliphatic carbocycles. The van der Waals surface area contributed by atoms with Crippen LogP contribution in [0.2, 0.25) is 0 Å². The molecule has 0 aromatic heterocycles. The molecule has 1 heterocycles. The van der Waals surface area contributed by atoms with E-state index in [4.69, 9.17) is 4.74 Å². The lowest BCUT2D eigenvalue weighted by atomic mass is 10.0. The summed E-state index contributed by atoms with van der Waals surface area (Å²) in [6.45, 7) is 6.33. The fraction of sp³-hybridized carbons (Fsp3) is 0.500. The van der Waals surface area contributed by atoms with Crippen molar-refractivity contribution in [3.8, 4) is 0 Å². The normalized spacial score (nSPS) is 30.7. The molecule has 82 valence electrons. The van der Waals surface area contributed by atoms with E-state index in [1.807, 2.05) is 51.1 Å². The molecule has 1 N–H and O–H groups in total. The molecule has 1 unspecified atom stereocenters. The van der Waals surface area contributed by atoms with Crippen molar-refractivity contribution in [3.63, 3.8) is 0 Å². The monoisotopic (exact) mass is 207 g/mol. The number of nitrogens with zero attached hydrogens (tertiary/aromatic N) is 1. The molecule has 0 amide bonds. The van der Waals surface area contributed by atoms with Gasteiger partial charge in [-0.25, -0.2) is 0 Å². The first-order chi connectivity index (χ1) is 6.97. The molecule has 0 spiro atoms. The third kappa shape index (κ3) is 1.57. The molecular formula is C12H17NO2. The zero-order valence-corrected chi connectivity index (χ0v) is 9.40. The van der Waals surface area contributed by atoms with Gasteiger partial charge in [0.2, 0.25) is 0 Å². The number of benzene rings is 1. The average Bonchev–Trinajstić information content (AvgIpc) is 2.45. The van der Waals surface area contributed by atoms with Gasteiger partial charge in [0, 0.05) is 5.56 Å². The molecule has 2 rings (SSSR count). The summed E-state index contributed by atoms with van der Waals surface area (Å²) in [5, 5.41) is 11.4. The van der Waals surface area contributed by atoms with Crippen molar-refractivity contribution >= 4 is 0 Å². The fourth-order valence-corrected chi connectivity index (χ4v) is 1.97. The Bertz CT molecular complexity index is 350. The third-order valence-corrected chi connectivity index (χ3v) is 2.99. The molecule has 1 aromatic carbocycles. The second-order valence-corrected chi connectivity index (χ2v) is 4.76. The highest BCUT2D eigenvalue weighted by Crippen LogP contribution is 2.39. The van der Waals surface area contributed by atoms with E-state index in [0.717, 1.165) is 5.56 Å². The van der Waals surface area contributed by atoms with Crippen LogP contribution in [0.1, 0.15) is 26.3 Å². The molecule has 1 atom stereocenters. The SMILES string of the molecule is CC1(C)COC(C)(c2ccccc2)N1O. The van der Waals surface area contributed by atoms with Gasteiger partial charge in [0.15, 0.2) is 5.72 Å². The van der Waals surface area contributed by atoms with Gasteiger partial charge in [-0.3, -0.25) is 0 Å². The van der Waals surface area contributed by atoms with E-state index in [-0.39, 0.29) is 5.54 Å². The molecule has 1 aromatic rings. The van der Waals surface area contributed by atoms with Crippen LogP contribution in [0, 0.1) is 0 Å². The van der Waals surface area contributed by atoms with Gasteiger partial charge < -0.3 is 9.94 Å². The maximum absolute atomic E-state index is 10.1. The van der Waals surface area contributed by atoms with Crippen molar-refractivity contribution in [2.24, 2.45) is 0 Å². The van der Waals surface area contributed by atoms with Crippen LogP contribution in [0.15, 0.2) is 30.3 Å². The Morgan fingerprint density at radius 1 is 1.20 bits per heavy atom. The molecule has 0 radical (unpaired) electrons. The van der Waals surface area contributed by atoms with Crippen molar-refractivity contribution in [2.75, 3.05) is 6.61 Å². The minimum absolute atomic E-state index is 0.343. The van der Waals surface area contributed by atoms with Gasteiger partial charge in [-0.2, -0.15) is 0 Å². The van der Waals surface area contributed by atoms with E-state index < -0.39 is 5.72 Å². The predicted octanol–water partition coefficient (Wildman–Crippen LogP) is 2.36. The molecular weight excluding hydrogens is 190 g/mol. The smallest absolute Gasteiger partial charge is 0.167 e. The van der Waals surface area contributed by atoms with E-state index in [1.165, 1.54) is 5.06 Å². The highest BCUT2D eigenvalue weighted by Gasteiger charge is 2.49. The fourth-order valence-electron chi connectivity index (χ4n) is 1.97. The Hall–Kier alpha value is -0.900. The van der Waals surface area contributed by atoms with Gasteiger partial charge in [0.25, 0.3) is 0 Å². The maximum atomic E-state index is 10.1. The van der Waals surface area contributed by atoms with E-state index in [1.54, 1.807) is 0 Å². The highest BCUT2D eigenvalue weighted by molar-refractivity contribution is 5.22. The summed E-state index contributed by atoms with van der Waals surface area (Å²) in [6.07, 6.45) is 0. The van der Waals surface area contributed by atoms with Crippen molar-refractivity contribution in [1.82, 2.24) is 5.06 Å². The van der Waals surface area contributed by atoms with E-state index in [9.17, 15) is 5.21 Å². The van der Waals surface area contributed by atoms with Crippen LogP contribution in [0.4, 0.5) is 0 Å². The molecule has 0 saturated carbocycles. The molecule has 1 aliphatic rings. The van der Waals surface area contributed by atoms with Crippen molar-refractivity contribution in [2.45, 2.75) is 32.0 Å². The summed E-state index contributed by atoms with van der Waals surface area (Å²) in [5.74, 6) is 0. The molecule has 1 fully saturated rings. The van der Waals surface area contributed by atoms with Crippen molar-refractivity contribution in [3.05, 3.63) is 35.9 Å². The molecule has 1 saturated heterocycles. The summed E-state index contributed by atoms with van der Waals surface area (Å²) in [7, 11) is 0. The number of rotatable bonds is 1. The Balaban J connectivity index is 2.38. The van der Waals surface area contributed by atoms with Gasteiger partial charge in [-0.1, -0.05) is 30.3 Å². The Labute approximate surface area is 90.2 Å². The highest BCUT2D eigenvalue weighted by atomic mass is 16.6. The number of hydrogen-bond acceptors (Lipinski definition) is 3. The Kier molecular flexibility index (Phi) is 2.34. The van der Waals surface area contributed by atoms with Crippen molar-refractivity contribution in [1.29, 1.82) is 0 Å². The van der Waals surface area contributed by atoms with Crippen molar-refractivity contribution < 1.29 is 9.94 Å². The third-order valence-electron chi connectivity index (χ3n) is 2.99. The largest absolute Gasteiger partial charge is 0.352 e. The van der Waals surface area contributed by atoms with Gasteiger partial charge in [0.1, 0.15) is 0 Å². The van der Waals surface area contributed by atoms with Gasteiger partial charge >= 0.3 is 0 Å². The summed E-state index contributed by atoms with van der Waals surface area (Å²) in [4.78, 5) is 0. The Morgan fingerprint density at radius 2 is 1.80 bits per heavy atom. The van der Waals surface area contributed by atoms with Crippen LogP contribution < -0.4 is 0 Å². The first-order valence-electron chi connectivity index (χ1n) is 5.15. The van der Waals surface area contributed by atoms with Gasteiger partial charge in [0.05, 0.1) is 12.1 Å². The Morgan fingerprint density at radius 3 is 2.27 bits per heavy atom. The van der Waals surface area contributed by atoms with E-state index in [2.05, 4.69) is 0 Å². The lowest BCUT2D eigenvalue weighted by Gasteiger charge is -2.34. The number of hydroxylamine groups is 2. The molecule has 1 aliphatic heterocycles. The molecule has 3 nitrogen and oxygen atoms in total. The summed E-state index contributed by atoms with van der Waals surface area (Å²) in [6, 6.07) is 9.77. The minimum Gasteiger partial charge on any atom is -0.352 e. The van der Waals surface area contributed by atoms with Gasteiger partial charge in [-0.05, 0) is 20.8 Å². The average molecular weight is 207 g/mol. The minimum atomic E-state index is -0.731. The van der Waals surface area contributed by atoms with Crippen LogP contribution in [0.5, 0.6) is 0 Å². The quantitative estimate of drug-likeness (QED) is 0.767. The topological polar surface area (TPSA) is 32.7 Å². The van der Waals surface area contributed by atoms with Gasteiger partial charge in [-0.15, -0.1) is 5.06 Å². The second-order valence-electron chi connectivity index (χ2n) is 4.76. The second kappa shape index (κ2) is 3.30. The zero-order valence-electron chi connectivity index (χ0n) is 9.40. The van der Waals surface area contributed by atoms with Crippen LogP contribution >= 0.6 is 0 Å². The standard InChI is InChI=1S/C12H17NO2/c1-11(2)9-15-12(3,13(11)14)10-7-5-4-6-8-10/h4-8,14H,9H2,1-3H3. The maximum Gasteiger partial charge on any atom is 0.167 e. The number of ether oxygens (including phenoxy) is 1. The van der Waals surface area contributed by atoms with Crippen LogP contribution in [-0.2, 0) is 10.5 Å². The zero-order chi connectivity index (χ0) is 11.1. The molecule has 15 heavy (non-hydrogen) atoms. The predicted molar refractivity (Wildman–Crippen MR) is 57.5 cm³/mol. The van der Waals surface area contributed by atoms with Crippen LogP contribution in [0.3, 0.4) is 0 Å². The molecule has 0 bridgehead atoms. The van der Waals surface area contributed by atoms with Crippen LogP contribution in [0.25, 0.3) is 0 Å². The number of hydrogen-bond donors (Lipinski definition) is 1. The summed E-state index contributed by atoms with van der Waals surface area (Å²) < 4.78 is 5.73. The lowest BCUT2D eigenvalue weighted by Crippen LogP contribution is -2.46. The summed E-state index contributed by atoms with van der Waals surface area (Å²) in [5.41, 5.74) is -0.104. The first-order valence-corrected chi connectivity index (χ1v) is 5.15. The van der Waals surface area contributed by atoms with Crippen LogP contribution in [-0.4, -0.2) is 22.4 Å². The van der Waals surface area contributed by atoms with E-state index >= 15 is 0 Å².